The predicted molar refractivity (Wildman–Crippen MR) is 73.4 cm³/mol. The third-order valence-corrected chi connectivity index (χ3v) is 4.07. The second-order valence-electron chi connectivity index (χ2n) is 5.87. The van der Waals surface area contributed by atoms with E-state index in [1.54, 1.807) is 0 Å². The number of carbonyl (C=O) groups excluding carboxylic acids is 3. The summed E-state index contributed by atoms with van der Waals surface area (Å²) in [6.45, 7) is 0.685. The second kappa shape index (κ2) is 6.72. The highest BCUT2D eigenvalue weighted by Crippen LogP contribution is 2.33. The van der Waals surface area contributed by atoms with Crippen LogP contribution in [0.25, 0.3) is 0 Å². The van der Waals surface area contributed by atoms with Crippen LogP contribution < -0.4 is 16.4 Å². The molecule has 0 radical (unpaired) electrons. The van der Waals surface area contributed by atoms with Gasteiger partial charge in [-0.1, -0.05) is 12.8 Å². The Morgan fingerprint density at radius 1 is 1.35 bits per heavy atom. The zero-order valence-electron chi connectivity index (χ0n) is 11.7. The van der Waals surface area contributed by atoms with Crippen LogP contribution in [-0.4, -0.2) is 30.3 Å². The number of hydrogen-bond acceptors (Lipinski definition) is 3. The molecule has 112 valence electrons. The van der Waals surface area contributed by atoms with Crippen LogP contribution in [0.1, 0.15) is 44.9 Å². The fourth-order valence-corrected chi connectivity index (χ4v) is 2.60. The Kier molecular flexibility index (Phi) is 4.98. The second-order valence-corrected chi connectivity index (χ2v) is 5.87. The van der Waals surface area contributed by atoms with Gasteiger partial charge in [-0.25, -0.2) is 0 Å². The summed E-state index contributed by atoms with van der Waals surface area (Å²) in [7, 11) is 0. The maximum Gasteiger partial charge on any atom is 0.240 e. The Hall–Kier alpha value is -1.59. The molecule has 0 spiro atoms. The lowest BCUT2D eigenvalue weighted by molar-refractivity contribution is -0.130. The molecule has 0 bridgehead atoms. The van der Waals surface area contributed by atoms with Gasteiger partial charge in [0.15, 0.2) is 0 Å². The van der Waals surface area contributed by atoms with E-state index in [9.17, 15) is 14.4 Å². The van der Waals surface area contributed by atoms with E-state index in [4.69, 9.17) is 5.73 Å². The molecule has 0 aromatic heterocycles. The first-order chi connectivity index (χ1) is 9.56. The minimum Gasteiger partial charge on any atom is -0.368 e. The number of rotatable bonds is 7. The van der Waals surface area contributed by atoms with Crippen LogP contribution in [0.5, 0.6) is 0 Å². The molecule has 4 N–H and O–H groups in total. The number of carbonyl (C=O) groups is 3. The molecule has 2 fully saturated rings. The molecule has 2 aliphatic rings. The molecule has 20 heavy (non-hydrogen) atoms. The zero-order chi connectivity index (χ0) is 14.5. The Balaban J connectivity index is 1.80. The molecule has 1 saturated heterocycles. The van der Waals surface area contributed by atoms with Gasteiger partial charge in [-0.2, -0.15) is 0 Å². The Morgan fingerprint density at radius 3 is 2.70 bits per heavy atom. The topological polar surface area (TPSA) is 101 Å². The van der Waals surface area contributed by atoms with Crippen LogP contribution in [0.3, 0.4) is 0 Å². The quantitative estimate of drug-likeness (QED) is 0.615. The molecule has 1 aliphatic heterocycles. The van der Waals surface area contributed by atoms with E-state index in [-0.39, 0.29) is 17.7 Å². The van der Waals surface area contributed by atoms with E-state index < -0.39 is 11.9 Å². The maximum absolute atomic E-state index is 11.8. The summed E-state index contributed by atoms with van der Waals surface area (Å²) in [5.74, 6) is -0.309. The highest BCUT2D eigenvalue weighted by Gasteiger charge is 2.29. The van der Waals surface area contributed by atoms with Gasteiger partial charge in [0.25, 0.3) is 0 Å². The summed E-state index contributed by atoms with van der Waals surface area (Å²) in [6, 6.07) is -0.740. The number of hydrogen-bond donors (Lipinski definition) is 3. The summed E-state index contributed by atoms with van der Waals surface area (Å²) in [6.07, 6.45) is 5.66. The fourth-order valence-electron chi connectivity index (χ4n) is 2.60. The molecule has 1 aliphatic carbocycles. The molecule has 1 heterocycles. The van der Waals surface area contributed by atoms with Crippen molar-refractivity contribution >= 4 is 17.7 Å². The Labute approximate surface area is 118 Å². The number of primary amides is 1. The van der Waals surface area contributed by atoms with Crippen LogP contribution in [0.15, 0.2) is 0 Å². The van der Waals surface area contributed by atoms with Crippen LogP contribution in [-0.2, 0) is 14.4 Å². The fraction of sp³-hybridized carbons (Fsp3) is 0.786. The molecule has 3 amide bonds. The molecule has 2 atom stereocenters. The SMILES string of the molecule is NC(=O)[C@H](C[C@@H]1CCCNC1=O)NC(=O)CCC1CC1. The molecular formula is C14H23N3O3. The summed E-state index contributed by atoms with van der Waals surface area (Å²) < 4.78 is 0. The standard InChI is InChI=1S/C14H23N3O3/c15-13(19)11(8-10-2-1-7-16-14(10)20)17-12(18)6-5-9-3-4-9/h9-11H,1-8H2,(H2,15,19)(H,16,20)(H,17,18)/t10-,11-/m0/s1. The van der Waals surface area contributed by atoms with Crippen LogP contribution in [0.2, 0.25) is 0 Å². The Morgan fingerprint density at radius 2 is 2.10 bits per heavy atom. The molecule has 6 nitrogen and oxygen atoms in total. The van der Waals surface area contributed by atoms with E-state index in [2.05, 4.69) is 10.6 Å². The van der Waals surface area contributed by atoms with Gasteiger partial charge in [-0.3, -0.25) is 14.4 Å². The van der Waals surface area contributed by atoms with Gasteiger partial charge in [0.1, 0.15) is 6.04 Å². The van der Waals surface area contributed by atoms with E-state index in [0.29, 0.717) is 25.3 Å². The molecule has 0 aromatic rings. The largest absolute Gasteiger partial charge is 0.368 e. The molecule has 1 saturated carbocycles. The summed E-state index contributed by atoms with van der Waals surface area (Å²) >= 11 is 0. The van der Waals surface area contributed by atoms with Crippen LogP contribution in [0.4, 0.5) is 0 Å². The molecular weight excluding hydrogens is 258 g/mol. The minimum atomic E-state index is -0.740. The van der Waals surface area contributed by atoms with Gasteiger partial charge in [0, 0.05) is 18.9 Å². The van der Waals surface area contributed by atoms with E-state index in [1.807, 2.05) is 0 Å². The maximum atomic E-state index is 11.8. The average molecular weight is 281 g/mol. The van der Waals surface area contributed by atoms with Crippen molar-refractivity contribution in [1.82, 2.24) is 10.6 Å². The van der Waals surface area contributed by atoms with Crippen LogP contribution in [0, 0.1) is 11.8 Å². The van der Waals surface area contributed by atoms with Crippen molar-refractivity contribution in [1.29, 1.82) is 0 Å². The third kappa shape index (κ3) is 4.51. The monoisotopic (exact) mass is 281 g/mol. The highest BCUT2D eigenvalue weighted by molar-refractivity contribution is 5.87. The van der Waals surface area contributed by atoms with Gasteiger partial charge in [-0.15, -0.1) is 0 Å². The number of nitrogens with one attached hydrogen (secondary N) is 2. The number of amides is 3. The van der Waals surface area contributed by atoms with E-state index in [1.165, 1.54) is 12.8 Å². The summed E-state index contributed by atoms with van der Waals surface area (Å²) in [4.78, 5) is 34.9. The van der Waals surface area contributed by atoms with Gasteiger partial charge in [0.05, 0.1) is 0 Å². The highest BCUT2D eigenvalue weighted by atomic mass is 16.2. The number of nitrogens with two attached hydrogens (primary N) is 1. The zero-order valence-corrected chi connectivity index (χ0v) is 11.7. The molecule has 6 heteroatoms. The Bertz CT molecular complexity index is 393. The predicted octanol–water partition coefficient (Wildman–Crippen LogP) is 0.0630. The van der Waals surface area contributed by atoms with Crippen molar-refractivity contribution in [3.63, 3.8) is 0 Å². The minimum absolute atomic E-state index is 0.0465. The van der Waals surface area contributed by atoms with Gasteiger partial charge < -0.3 is 16.4 Å². The van der Waals surface area contributed by atoms with Crippen molar-refractivity contribution < 1.29 is 14.4 Å². The van der Waals surface area contributed by atoms with E-state index in [0.717, 1.165) is 19.3 Å². The van der Waals surface area contributed by atoms with Crippen molar-refractivity contribution in [2.75, 3.05) is 6.54 Å². The first-order valence-corrected chi connectivity index (χ1v) is 7.42. The smallest absolute Gasteiger partial charge is 0.240 e. The lowest BCUT2D eigenvalue weighted by Crippen LogP contribution is -2.48. The van der Waals surface area contributed by atoms with Crippen molar-refractivity contribution in [2.24, 2.45) is 17.6 Å². The van der Waals surface area contributed by atoms with E-state index >= 15 is 0 Å². The number of piperidine rings is 1. The molecule has 0 unspecified atom stereocenters. The van der Waals surface area contributed by atoms with Crippen molar-refractivity contribution in [3.05, 3.63) is 0 Å². The van der Waals surface area contributed by atoms with Crippen molar-refractivity contribution in [2.45, 2.75) is 51.0 Å². The van der Waals surface area contributed by atoms with Gasteiger partial charge in [0.2, 0.25) is 17.7 Å². The average Bonchev–Trinajstić information content (AvgIpc) is 3.22. The van der Waals surface area contributed by atoms with Gasteiger partial charge >= 0.3 is 0 Å². The molecule has 2 rings (SSSR count). The first-order valence-electron chi connectivity index (χ1n) is 7.42. The first kappa shape index (κ1) is 14.8. The third-order valence-electron chi connectivity index (χ3n) is 4.07. The van der Waals surface area contributed by atoms with Crippen LogP contribution >= 0.6 is 0 Å². The lowest BCUT2D eigenvalue weighted by atomic mass is 9.91. The normalized spacial score (nSPS) is 23.8. The summed E-state index contributed by atoms with van der Waals surface area (Å²) in [5, 5.41) is 5.45. The van der Waals surface area contributed by atoms with Crippen molar-refractivity contribution in [3.8, 4) is 0 Å². The van der Waals surface area contributed by atoms with Gasteiger partial charge in [-0.05, 0) is 31.6 Å². The lowest BCUT2D eigenvalue weighted by Gasteiger charge is -2.25. The summed E-state index contributed by atoms with van der Waals surface area (Å²) in [5.41, 5.74) is 5.33. The molecule has 0 aromatic carbocycles.